The van der Waals surface area contributed by atoms with E-state index in [0.717, 1.165) is 101 Å². The fourth-order valence-corrected chi connectivity index (χ4v) is 8.06. The molecule has 0 aliphatic carbocycles. The molecule has 6 rings (SSSR count). The van der Waals surface area contributed by atoms with E-state index in [4.69, 9.17) is 28.4 Å². The van der Waals surface area contributed by atoms with Crippen molar-refractivity contribution < 1.29 is 38.0 Å². The van der Waals surface area contributed by atoms with Crippen LogP contribution in [0.5, 0.6) is 23.0 Å². The monoisotopic (exact) mass is 806 g/mol. The van der Waals surface area contributed by atoms with Gasteiger partial charge in [-0.2, -0.15) is 0 Å². The van der Waals surface area contributed by atoms with Crippen LogP contribution >= 0.6 is 0 Å². The van der Waals surface area contributed by atoms with E-state index in [1.807, 2.05) is 97.1 Å². The highest BCUT2D eigenvalue weighted by Gasteiger charge is 2.44. The minimum Gasteiger partial charge on any atom is -0.493 e. The molecule has 0 bridgehead atoms. The smallest absolute Gasteiger partial charge is 0.161 e. The lowest BCUT2D eigenvalue weighted by atomic mass is 9.68. The molecule has 0 amide bonds. The van der Waals surface area contributed by atoms with Crippen LogP contribution in [0, 0.1) is 5.41 Å². The van der Waals surface area contributed by atoms with E-state index in [9.17, 15) is 9.59 Å². The predicted molar refractivity (Wildman–Crippen MR) is 230 cm³/mol. The normalized spacial score (nSPS) is 15.1. The van der Waals surface area contributed by atoms with Crippen LogP contribution in [-0.2, 0) is 44.7 Å². The van der Waals surface area contributed by atoms with E-state index < -0.39 is 5.41 Å². The molecule has 0 unspecified atom stereocenters. The highest BCUT2D eigenvalue weighted by molar-refractivity contribution is 6.07. The number of hydrogen-bond acceptors (Lipinski definition) is 10. The maximum Gasteiger partial charge on any atom is 0.161 e. The van der Waals surface area contributed by atoms with Crippen molar-refractivity contribution in [3.8, 4) is 23.0 Å². The standard InChI is InChI=1S/C49H62N2O8/c1-54-45-35-39(15-19-43(45)58-29-9-23-50-25-31-56-32-26-50)17-21-47(52)49(37-41-11-5-3-6-12-41,38-42-13-7-4-8-14-42)48(53)22-18-40-16-20-44(46(36-40)55-2)59-30-10-24-51-27-33-57-34-28-51/h3-8,11-16,19-20,35-36H,9-10,17-18,21-34,37-38H2,1-2H3. The maximum atomic E-state index is 14.9. The number of morpholine rings is 2. The summed E-state index contributed by atoms with van der Waals surface area (Å²) in [5, 5.41) is 0. The number of methoxy groups -OCH3 is 2. The summed E-state index contributed by atoms with van der Waals surface area (Å²) in [6.45, 7) is 10.0. The lowest BCUT2D eigenvalue weighted by Gasteiger charge is -2.32. The lowest BCUT2D eigenvalue weighted by Crippen LogP contribution is -2.44. The number of aryl methyl sites for hydroxylation is 2. The molecule has 2 heterocycles. The third-order valence-electron chi connectivity index (χ3n) is 11.5. The first-order valence-corrected chi connectivity index (χ1v) is 21.3. The number of ketones is 2. The van der Waals surface area contributed by atoms with E-state index in [2.05, 4.69) is 9.80 Å². The number of Topliss-reactive ketones (excluding diaryl/α,β-unsaturated/α-hetero) is 2. The Morgan fingerprint density at radius 2 is 0.949 bits per heavy atom. The largest absolute Gasteiger partial charge is 0.493 e. The molecule has 0 radical (unpaired) electrons. The van der Waals surface area contributed by atoms with Crippen LogP contribution in [-0.4, -0.2) is 114 Å². The number of ether oxygens (including phenoxy) is 6. The fraction of sp³-hybridized carbons (Fsp3) is 0.469. The molecular formula is C49H62N2O8. The van der Waals surface area contributed by atoms with Crippen LogP contribution < -0.4 is 18.9 Å². The maximum absolute atomic E-state index is 14.9. The molecule has 2 saturated heterocycles. The Balaban J connectivity index is 1.14. The predicted octanol–water partition coefficient (Wildman–Crippen LogP) is 7.08. The lowest BCUT2D eigenvalue weighted by molar-refractivity contribution is -0.141. The molecule has 2 aliphatic rings. The number of carbonyl (C=O) groups excluding carboxylic acids is 2. The SMILES string of the molecule is COc1cc(CCC(=O)C(Cc2ccccc2)(Cc2ccccc2)C(=O)CCc2ccc(OCCCN3CCOCC3)c(OC)c2)ccc1OCCCN1CCOCC1. The first-order valence-electron chi connectivity index (χ1n) is 21.3. The van der Waals surface area contributed by atoms with Gasteiger partial charge in [0.2, 0.25) is 0 Å². The third kappa shape index (κ3) is 13.1. The Bertz CT molecular complexity index is 1740. The molecule has 10 nitrogen and oxygen atoms in total. The summed E-state index contributed by atoms with van der Waals surface area (Å²) in [6.07, 6.45) is 3.80. The summed E-state index contributed by atoms with van der Waals surface area (Å²) in [5.74, 6) is 2.52. The van der Waals surface area contributed by atoms with Crippen molar-refractivity contribution in [2.45, 2.75) is 51.4 Å². The van der Waals surface area contributed by atoms with E-state index in [1.165, 1.54) is 0 Å². The van der Waals surface area contributed by atoms with Gasteiger partial charge in [-0.3, -0.25) is 19.4 Å². The van der Waals surface area contributed by atoms with Crippen molar-refractivity contribution in [1.82, 2.24) is 9.80 Å². The molecule has 2 aliphatic heterocycles. The first-order chi connectivity index (χ1) is 29.0. The van der Waals surface area contributed by atoms with Gasteiger partial charge in [0, 0.05) is 52.1 Å². The van der Waals surface area contributed by atoms with Crippen LogP contribution in [0.1, 0.15) is 47.9 Å². The Hall–Kier alpha value is -4.74. The number of carbonyl (C=O) groups is 2. The van der Waals surface area contributed by atoms with Crippen LogP contribution in [0.3, 0.4) is 0 Å². The van der Waals surface area contributed by atoms with Crippen LogP contribution in [0.2, 0.25) is 0 Å². The Kier molecular flexibility index (Phi) is 17.2. The van der Waals surface area contributed by atoms with Crippen molar-refractivity contribution >= 4 is 11.6 Å². The van der Waals surface area contributed by atoms with Gasteiger partial charge < -0.3 is 28.4 Å². The number of rotatable bonds is 24. The summed E-state index contributed by atoms with van der Waals surface area (Å²) < 4.78 is 34.7. The van der Waals surface area contributed by atoms with Crippen LogP contribution in [0.15, 0.2) is 97.1 Å². The Morgan fingerprint density at radius 3 is 1.34 bits per heavy atom. The molecule has 4 aromatic rings. The number of nitrogens with zero attached hydrogens (tertiary/aromatic N) is 2. The van der Waals surface area contributed by atoms with Crippen molar-refractivity contribution in [2.24, 2.45) is 5.41 Å². The van der Waals surface area contributed by atoms with Gasteiger partial charge in [0.15, 0.2) is 23.0 Å². The second kappa shape index (κ2) is 23.2. The molecule has 0 N–H and O–H groups in total. The van der Waals surface area contributed by atoms with E-state index in [-0.39, 0.29) is 24.4 Å². The third-order valence-corrected chi connectivity index (χ3v) is 11.5. The van der Waals surface area contributed by atoms with Gasteiger partial charge in [-0.05, 0) is 85.0 Å². The molecule has 0 saturated carbocycles. The quantitative estimate of drug-likeness (QED) is 0.0540. The van der Waals surface area contributed by atoms with Crippen molar-refractivity contribution in [2.75, 3.05) is 93.1 Å². The van der Waals surface area contributed by atoms with Crippen molar-refractivity contribution in [3.05, 3.63) is 119 Å². The molecule has 10 heteroatoms. The molecule has 0 aromatic heterocycles. The molecule has 0 spiro atoms. The van der Waals surface area contributed by atoms with Gasteiger partial charge in [0.25, 0.3) is 0 Å². The minimum absolute atomic E-state index is 0.0592. The molecule has 59 heavy (non-hydrogen) atoms. The average molecular weight is 807 g/mol. The first kappa shape index (κ1) is 43.8. The summed E-state index contributed by atoms with van der Waals surface area (Å²) in [7, 11) is 3.27. The topological polar surface area (TPSA) is 96.0 Å². The Morgan fingerprint density at radius 1 is 0.542 bits per heavy atom. The number of hydrogen-bond donors (Lipinski definition) is 0. The second-order valence-corrected chi connectivity index (χ2v) is 15.5. The zero-order chi connectivity index (χ0) is 41.1. The fourth-order valence-electron chi connectivity index (χ4n) is 8.06. The van der Waals surface area contributed by atoms with Gasteiger partial charge in [-0.25, -0.2) is 0 Å². The molecule has 4 aromatic carbocycles. The number of benzene rings is 4. The Labute approximate surface area is 350 Å². The van der Waals surface area contributed by atoms with Crippen LogP contribution in [0.25, 0.3) is 0 Å². The summed E-state index contributed by atoms with van der Waals surface area (Å²) >= 11 is 0. The van der Waals surface area contributed by atoms with Crippen molar-refractivity contribution in [3.63, 3.8) is 0 Å². The highest BCUT2D eigenvalue weighted by Crippen LogP contribution is 2.36. The van der Waals surface area contributed by atoms with Gasteiger partial charge in [-0.15, -0.1) is 0 Å². The summed E-state index contributed by atoms with van der Waals surface area (Å²) in [4.78, 5) is 34.5. The van der Waals surface area contributed by atoms with Crippen LogP contribution in [0.4, 0.5) is 0 Å². The zero-order valence-electron chi connectivity index (χ0n) is 35.0. The van der Waals surface area contributed by atoms with Gasteiger partial charge in [0.05, 0.1) is 59.3 Å². The van der Waals surface area contributed by atoms with Gasteiger partial charge in [-0.1, -0.05) is 72.8 Å². The van der Waals surface area contributed by atoms with Gasteiger partial charge in [0.1, 0.15) is 11.6 Å². The highest BCUT2D eigenvalue weighted by atomic mass is 16.5. The molecule has 2 fully saturated rings. The summed E-state index contributed by atoms with van der Waals surface area (Å²) in [6, 6.07) is 31.6. The van der Waals surface area contributed by atoms with Gasteiger partial charge >= 0.3 is 0 Å². The minimum atomic E-state index is -1.26. The van der Waals surface area contributed by atoms with E-state index in [0.29, 0.717) is 61.9 Å². The average Bonchev–Trinajstić information content (AvgIpc) is 3.29. The van der Waals surface area contributed by atoms with Crippen molar-refractivity contribution in [1.29, 1.82) is 0 Å². The van der Waals surface area contributed by atoms with E-state index >= 15 is 0 Å². The zero-order valence-corrected chi connectivity index (χ0v) is 35.0. The molecule has 0 atom stereocenters. The van der Waals surface area contributed by atoms with E-state index in [1.54, 1.807) is 14.2 Å². The molecule has 316 valence electrons. The molecular weight excluding hydrogens is 745 g/mol. The second-order valence-electron chi connectivity index (χ2n) is 15.5. The summed E-state index contributed by atoms with van der Waals surface area (Å²) in [5.41, 5.74) is 2.56.